The molecule has 1 aliphatic heterocycles. The van der Waals surface area contributed by atoms with E-state index in [2.05, 4.69) is 5.32 Å². The van der Waals surface area contributed by atoms with Crippen molar-refractivity contribution in [3.05, 3.63) is 59.7 Å². The minimum atomic E-state index is -0.168. The van der Waals surface area contributed by atoms with Crippen molar-refractivity contribution >= 4 is 23.2 Å². The number of anilines is 2. The second-order valence-corrected chi connectivity index (χ2v) is 5.49. The van der Waals surface area contributed by atoms with Gasteiger partial charge in [0.05, 0.1) is 11.4 Å². The molecule has 22 heavy (non-hydrogen) atoms. The van der Waals surface area contributed by atoms with Crippen molar-refractivity contribution < 1.29 is 9.59 Å². The summed E-state index contributed by atoms with van der Waals surface area (Å²) in [6.07, 6.45) is 1.43. The van der Waals surface area contributed by atoms with Gasteiger partial charge in [0.2, 0.25) is 5.91 Å². The van der Waals surface area contributed by atoms with Gasteiger partial charge in [-0.2, -0.15) is 0 Å². The van der Waals surface area contributed by atoms with Crippen LogP contribution >= 0.6 is 0 Å². The quantitative estimate of drug-likeness (QED) is 0.943. The number of amides is 2. The number of nitrogens with one attached hydrogen (secondary N) is 1. The molecule has 1 N–H and O–H groups in total. The Kier molecular flexibility index (Phi) is 3.92. The van der Waals surface area contributed by atoms with Gasteiger partial charge >= 0.3 is 0 Å². The van der Waals surface area contributed by atoms with Crippen molar-refractivity contribution in [1.82, 2.24) is 0 Å². The molecule has 0 saturated carbocycles. The Morgan fingerprint density at radius 3 is 2.50 bits per heavy atom. The maximum atomic E-state index is 12.4. The van der Waals surface area contributed by atoms with Gasteiger partial charge in [-0.05, 0) is 37.6 Å². The lowest BCUT2D eigenvalue weighted by atomic mass is 10.1. The summed E-state index contributed by atoms with van der Waals surface area (Å²) < 4.78 is 0. The van der Waals surface area contributed by atoms with E-state index < -0.39 is 0 Å². The molecule has 0 unspecified atom stereocenters. The topological polar surface area (TPSA) is 49.4 Å². The average Bonchev–Trinajstić information content (AvgIpc) is 2.94. The Morgan fingerprint density at radius 2 is 1.82 bits per heavy atom. The summed E-state index contributed by atoms with van der Waals surface area (Å²) >= 11 is 0. The maximum Gasteiger partial charge on any atom is 0.255 e. The number of aryl methyl sites for hydroxylation is 1. The Hall–Kier alpha value is -2.62. The van der Waals surface area contributed by atoms with Crippen LogP contribution in [-0.2, 0) is 4.79 Å². The van der Waals surface area contributed by atoms with E-state index in [0.29, 0.717) is 24.2 Å². The van der Waals surface area contributed by atoms with E-state index in [1.54, 1.807) is 17.0 Å². The van der Waals surface area contributed by atoms with Gasteiger partial charge in [0.1, 0.15) is 0 Å². The van der Waals surface area contributed by atoms with Crippen LogP contribution in [0.15, 0.2) is 48.5 Å². The first-order valence-corrected chi connectivity index (χ1v) is 7.42. The van der Waals surface area contributed by atoms with Gasteiger partial charge in [-0.25, -0.2) is 0 Å². The van der Waals surface area contributed by atoms with Crippen molar-refractivity contribution in [2.45, 2.75) is 19.8 Å². The summed E-state index contributed by atoms with van der Waals surface area (Å²) in [6.45, 7) is 2.69. The fourth-order valence-corrected chi connectivity index (χ4v) is 2.62. The van der Waals surface area contributed by atoms with Crippen molar-refractivity contribution in [2.24, 2.45) is 0 Å². The van der Waals surface area contributed by atoms with Crippen LogP contribution in [0.3, 0.4) is 0 Å². The van der Waals surface area contributed by atoms with Gasteiger partial charge in [0.15, 0.2) is 0 Å². The lowest BCUT2D eigenvalue weighted by Crippen LogP contribution is -2.25. The summed E-state index contributed by atoms with van der Waals surface area (Å²) in [7, 11) is 0. The Bertz CT molecular complexity index is 707. The molecule has 1 fully saturated rings. The fourth-order valence-electron chi connectivity index (χ4n) is 2.62. The highest BCUT2D eigenvalue weighted by molar-refractivity contribution is 6.08. The Labute approximate surface area is 129 Å². The fraction of sp³-hybridized carbons (Fsp3) is 0.222. The highest BCUT2D eigenvalue weighted by atomic mass is 16.2. The zero-order valence-electron chi connectivity index (χ0n) is 12.5. The van der Waals surface area contributed by atoms with Crippen LogP contribution in [0.1, 0.15) is 28.8 Å². The largest absolute Gasteiger partial charge is 0.320 e. The molecule has 0 spiro atoms. The van der Waals surface area contributed by atoms with Crippen LogP contribution in [0.2, 0.25) is 0 Å². The van der Waals surface area contributed by atoms with E-state index in [-0.39, 0.29) is 11.8 Å². The van der Waals surface area contributed by atoms with E-state index in [9.17, 15) is 9.59 Å². The van der Waals surface area contributed by atoms with Crippen LogP contribution in [-0.4, -0.2) is 18.4 Å². The molecule has 0 atom stereocenters. The van der Waals surface area contributed by atoms with Crippen LogP contribution in [0.5, 0.6) is 0 Å². The molecule has 1 aliphatic rings. The van der Waals surface area contributed by atoms with Crippen molar-refractivity contribution in [2.75, 3.05) is 16.8 Å². The molecule has 3 rings (SSSR count). The molecular formula is C18H18N2O2. The highest BCUT2D eigenvalue weighted by Crippen LogP contribution is 2.29. The van der Waals surface area contributed by atoms with Crippen molar-refractivity contribution in [3.63, 3.8) is 0 Å². The van der Waals surface area contributed by atoms with Gasteiger partial charge < -0.3 is 10.2 Å². The zero-order chi connectivity index (χ0) is 15.5. The van der Waals surface area contributed by atoms with Crippen LogP contribution in [0, 0.1) is 6.92 Å². The number of carbonyl (C=O) groups excluding carboxylic acids is 2. The molecule has 0 bridgehead atoms. The zero-order valence-corrected chi connectivity index (χ0v) is 12.5. The van der Waals surface area contributed by atoms with Crippen LogP contribution in [0.25, 0.3) is 0 Å². The number of rotatable bonds is 3. The molecule has 112 valence electrons. The molecular weight excluding hydrogens is 276 g/mol. The van der Waals surface area contributed by atoms with Gasteiger partial charge in [0.25, 0.3) is 5.91 Å². The number of hydrogen-bond acceptors (Lipinski definition) is 2. The number of benzene rings is 2. The first kappa shape index (κ1) is 14.3. The molecule has 2 amide bonds. The Balaban J connectivity index is 1.84. The van der Waals surface area contributed by atoms with E-state index in [1.165, 1.54) is 0 Å². The number of nitrogens with zero attached hydrogens (tertiary/aromatic N) is 1. The maximum absolute atomic E-state index is 12.4. The SMILES string of the molecule is Cc1ccc(C(=O)Nc2ccccc2N2CCCC2=O)cc1. The Morgan fingerprint density at radius 1 is 1.09 bits per heavy atom. The first-order chi connectivity index (χ1) is 10.6. The molecule has 1 saturated heterocycles. The highest BCUT2D eigenvalue weighted by Gasteiger charge is 2.24. The monoisotopic (exact) mass is 294 g/mol. The second-order valence-electron chi connectivity index (χ2n) is 5.49. The lowest BCUT2D eigenvalue weighted by molar-refractivity contribution is -0.117. The summed E-state index contributed by atoms with van der Waals surface area (Å²) in [6, 6.07) is 14.8. The molecule has 2 aromatic rings. The normalized spacial score (nSPS) is 14.2. The molecule has 4 heteroatoms. The molecule has 4 nitrogen and oxygen atoms in total. The second kappa shape index (κ2) is 6.02. The van der Waals surface area contributed by atoms with Gasteiger partial charge in [-0.3, -0.25) is 9.59 Å². The molecule has 0 radical (unpaired) electrons. The summed E-state index contributed by atoms with van der Waals surface area (Å²) in [4.78, 5) is 26.0. The van der Waals surface area contributed by atoms with E-state index in [0.717, 1.165) is 17.7 Å². The summed E-state index contributed by atoms with van der Waals surface area (Å²) in [5.41, 5.74) is 3.15. The first-order valence-electron chi connectivity index (χ1n) is 7.42. The van der Waals surface area contributed by atoms with Crippen molar-refractivity contribution in [1.29, 1.82) is 0 Å². The number of hydrogen-bond donors (Lipinski definition) is 1. The van der Waals surface area contributed by atoms with Gasteiger partial charge in [0, 0.05) is 18.5 Å². The van der Waals surface area contributed by atoms with Crippen molar-refractivity contribution in [3.8, 4) is 0 Å². The van der Waals surface area contributed by atoms with Gasteiger partial charge in [-0.1, -0.05) is 29.8 Å². The van der Waals surface area contributed by atoms with E-state index in [1.807, 2.05) is 43.3 Å². The van der Waals surface area contributed by atoms with E-state index in [4.69, 9.17) is 0 Å². The van der Waals surface area contributed by atoms with Crippen LogP contribution in [0.4, 0.5) is 11.4 Å². The summed E-state index contributed by atoms with van der Waals surface area (Å²) in [5, 5.41) is 2.91. The summed E-state index contributed by atoms with van der Waals surface area (Å²) in [5.74, 6) is -0.0591. The molecule has 0 aliphatic carbocycles. The van der Waals surface area contributed by atoms with E-state index >= 15 is 0 Å². The lowest BCUT2D eigenvalue weighted by Gasteiger charge is -2.20. The third-order valence-electron chi connectivity index (χ3n) is 3.83. The average molecular weight is 294 g/mol. The smallest absolute Gasteiger partial charge is 0.255 e. The standard InChI is InChI=1S/C18H18N2O2/c1-13-8-10-14(11-9-13)18(22)19-15-5-2-3-6-16(15)20-12-4-7-17(20)21/h2-3,5-6,8-11H,4,7,12H2,1H3,(H,19,22). The minimum Gasteiger partial charge on any atom is -0.320 e. The number of carbonyl (C=O) groups is 2. The third kappa shape index (κ3) is 2.86. The molecule has 1 heterocycles. The minimum absolute atomic E-state index is 0.108. The third-order valence-corrected chi connectivity index (χ3v) is 3.83. The molecule has 0 aromatic heterocycles. The van der Waals surface area contributed by atoms with Gasteiger partial charge in [-0.15, -0.1) is 0 Å². The molecule has 2 aromatic carbocycles. The predicted octanol–water partition coefficient (Wildman–Crippen LogP) is 3.37. The number of para-hydroxylation sites is 2. The predicted molar refractivity (Wildman–Crippen MR) is 87.2 cm³/mol. The van der Waals surface area contributed by atoms with Crippen LogP contribution < -0.4 is 10.2 Å².